The number of amides is 1. The molecule has 0 fully saturated rings. The molecule has 7 N–H and O–H groups in total. The molecule has 2 aromatic rings. The van der Waals surface area contributed by atoms with Crippen LogP contribution in [0.4, 0.5) is 11.4 Å². The Labute approximate surface area is 159 Å². The Morgan fingerprint density at radius 1 is 1.08 bits per heavy atom. The fraction of sp³-hybridized carbons (Fsp3) is 0.0625. The number of nitrogens with two attached hydrogens (primary N) is 3. The van der Waals surface area contributed by atoms with Gasteiger partial charge >= 0.3 is 0 Å². The number of hydrogen-bond acceptors (Lipinski definition) is 3. The minimum absolute atomic E-state index is 0.139. The Bertz CT molecular complexity index is 854. The second-order valence-electron chi connectivity index (χ2n) is 5.05. The zero-order chi connectivity index (χ0) is 19.3. The van der Waals surface area contributed by atoms with Crippen molar-refractivity contribution in [3.05, 3.63) is 46.4 Å². The topological polar surface area (TPSA) is 141 Å². The Balaban J connectivity index is 2.23. The minimum Gasteiger partial charge on any atom is -0.454 e. The number of hydrogen-bond donors (Lipinski definition) is 4. The van der Waals surface area contributed by atoms with Gasteiger partial charge in [0.25, 0.3) is 0 Å². The largest absolute Gasteiger partial charge is 0.454 e. The number of nitrogens with zero attached hydrogens (tertiary/aromatic N) is 2. The van der Waals surface area contributed by atoms with Crippen LogP contribution in [0.1, 0.15) is 6.92 Å². The minimum atomic E-state index is -0.217. The third kappa shape index (κ3) is 5.54. The van der Waals surface area contributed by atoms with E-state index in [9.17, 15) is 4.79 Å². The van der Waals surface area contributed by atoms with E-state index < -0.39 is 0 Å². The van der Waals surface area contributed by atoms with E-state index in [4.69, 9.17) is 45.1 Å². The fourth-order valence-electron chi connectivity index (χ4n) is 1.93. The Hall–Kier alpha value is -2.97. The average Bonchev–Trinajstić information content (AvgIpc) is 2.51. The summed E-state index contributed by atoms with van der Waals surface area (Å²) >= 11 is 12.4. The van der Waals surface area contributed by atoms with Gasteiger partial charge < -0.3 is 27.3 Å². The molecule has 0 aliphatic heterocycles. The summed E-state index contributed by atoms with van der Waals surface area (Å²) in [4.78, 5) is 18.6. The molecule has 0 aromatic heterocycles. The zero-order valence-corrected chi connectivity index (χ0v) is 15.2. The van der Waals surface area contributed by atoms with Crippen molar-refractivity contribution in [1.82, 2.24) is 0 Å². The van der Waals surface area contributed by atoms with E-state index in [-0.39, 0.29) is 33.6 Å². The van der Waals surface area contributed by atoms with E-state index in [1.54, 1.807) is 24.3 Å². The maximum Gasteiger partial charge on any atom is 0.223 e. The summed E-state index contributed by atoms with van der Waals surface area (Å²) in [5.41, 5.74) is 17.0. The third-order valence-corrected chi connectivity index (χ3v) is 3.43. The van der Waals surface area contributed by atoms with Crippen LogP contribution in [0.3, 0.4) is 0 Å². The molecule has 0 saturated heterocycles. The predicted octanol–water partition coefficient (Wildman–Crippen LogP) is 2.96. The van der Waals surface area contributed by atoms with Crippen molar-refractivity contribution in [3.8, 4) is 11.5 Å². The second kappa shape index (κ2) is 8.41. The van der Waals surface area contributed by atoms with Gasteiger partial charge in [-0.1, -0.05) is 23.2 Å². The van der Waals surface area contributed by atoms with Crippen molar-refractivity contribution >= 4 is 52.4 Å². The van der Waals surface area contributed by atoms with Gasteiger partial charge in [-0.3, -0.25) is 4.79 Å². The standard InChI is InChI=1S/C16H16Cl2N6O2/c1-8(25)22-9-2-4-11(5-3-9)26-14-12(17)6-10(7-13(14)18)23-16(21)24-15(19)20/h2-7H,1H3,(H,22,25)(H6,19,20,21,23,24). The van der Waals surface area contributed by atoms with Crippen LogP contribution < -0.4 is 27.3 Å². The molecule has 26 heavy (non-hydrogen) atoms. The molecule has 0 atom stereocenters. The first-order valence-corrected chi connectivity index (χ1v) is 7.98. The van der Waals surface area contributed by atoms with Gasteiger partial charge in [0.2, 0.25) is 11.9 Å². The van der Waals surface area contributed by atoms with Crippen molar-refractivity contribution in [1.29, 1.82) is 0 Å². The SMILES string of the molecule is CC(=O)Nc1ccc(Oc2c(Cl)cc(N=C(N)N=C(N)N)cc2Cl)cc1. The first kappa shape index (κ1) is 19.4. The summed E-state index contributed by atoms with van der Waals surface area (Å²) < 4.78 is 5.70. The number of rotatable bonds is 4. The summed E-state index contributed by atoms with van der Waals surface area (Å²) in [6, 6.07) is 9.72. The van der Waals surface area contributed by atoms with Gasteiger partial charge in [0.1, 0.15) is 5.75 Å². The lowest BCUT2D eigenvalue weighted by Gasteiger charge is -2.11. The molecule has 0 unspecified atom stereocenters. The molecule has 0 heterocycles. The van der Waals surface area contributed by atoms with Gasteiger partial charge in [-0.2, -0.15) is 4.99 Å². The maximum atomic E-state index is 11.0. The molecule has 8 nitrogen and oxygen atoms in total. The fourth-order valence-corrected chi connectivity index (χ4v) is 2.48. The highest BCUT2D eigenvalue weighted by molar-refractivity contribution is 6.37. The van der Waals surface area contributed by atoms with Gasteiger partial charge in [-0.25, -0.2) is 4.99 Å². The lowest BCUT2D eigenvalue weighted by molar-refractivity contribution is -0.114. The highest BCUT2D eigenvalue weighted by Gasteiger charge is 2.11. The molecule has 136 valence electrons. The Kier molecular flexibility index (Phi) is 6.26. The van der Waals surface area contributed by atoms with Crippen molar-refractivity contribution < 1.29 is 9.53 Å². The first-order valence-electron chi connectivity index (χ1n) is 7.23. The zero-order valence-electron chi connectivity index (χ0n) is 13.7. The van der Waals surface area contributed by atoms with Crippen LogP contribution in [0.5, 0.6) is 11.5 Å². The number of carbonyl (C=O) groups is 1. The molecule has 0 saturated carbocycles. The molecule has 2 aromatic carbocycles. The monoisotopic (exact) mass is 394 g/mol. The molecule has 0 aliphatic rings. The number of ether oxygens (including phenoxy) is 1. The summed E-state index contributed by atoms with van der Waals surface area (Å²) in [7, 11) is 0. The molecule has 10 heteroatoms. The molecule has 0 radical (unpaired) electrons. The first-order chi connectivity index (χ1) is 12.2. The average molecular weight is 395 g/mol. The van der Waals surface area contributed by atoms with Gasteiger partial charge in [0.15, 0.2) is 11.7 Å². The molecular weight excluding hydrogens is 379 g/mol. The molecule has 0 bridgehead atoms. The third-order valence-electron chi connectivity index (χ3n) is 2.86. The van der Waals surface area contributed by atoms with Gasteiger partial charge in [-0.15, -0.1) is 0 Å². The number of benzene rings is 2. The van der Waals surface area contributed by atoms with Crippen LogP contribution in [0.2, 0.25) is 10.0 Å². The molecule has 1 amide bonds. The number of aliphatic imine (C=N–C) groups is 2. The van der Waals surface area contributed by atoms with Crippen molar-refractivity contribution in [3.63, 3.8) is 0 Å². The molecule has 2 rings (SSSR count). The number of guanidine groups is 2. The van der Waals surface area contributed by atoms with E-state index >= 15 is 0 Å². The number of halogens is 2. The summed E-state index contributed by atoms with van der Waals surface area (Å²) in [6.45, 7) is 1.42. The Morgan fingerprint density at radius 3 is 2.15 bits per heavy atom. The van der Waals surface area contributed by atoms with E-state index in [1.807, 2.05) is 0 Å². The molecular formula is C16H16Cl2N6O2. The van der Waals surface area contributed by atoms with Gasteiger partial charge in [0.05, 0.1) is 15.7 Å². The smallest absolute Gasteiger partial charge is 0.223 e. The highest BCUT2D eigenvalue weighted by Crippen LogP contribution is 2.39. The highest BCUT2D eigenvalue weighted by atomic mass is 35.5. The predicted molar refractivity (Wildman–Crippen MR) is 104 cm³/mol. The summed E-state index contributed by atoms with van der Waals surface area (Å²) in [5, 5.41) is 3.10. The van der Waals surface area contributed by atoms with E-state index in [1.165, 1.54) is 19.1 Å². The van der Waals surface area contributed by atoms with Crippen LogP contribution in [0, 0.1) is 0 Å². The lowest BCUT2D eigenvalue weighted by atomic mass is 10.3. The van der Waals surface area contributed by atoms with Crippen molar-refractivity contribution in [2.24, 2.45) is 27.2 Å². The van der Waals surface area contributed by atoms with Crippen molar-refractivity contribution in [2.45, 2.75) is 6.92 Å². The maximum absolute atomic E-state index is 11.0. The number of anilines is 1. The Morgan fingerprint density at radius 2 is 1.65 bits per heavy atom. The second-order valence-corrected chi connectivity index (χ2v) is 5.87. The van der Waals surface area contributed by atoms with Crippen LogP contribution in [0.15, 0.2) is 46.4 Å². The van der Waals surface area contributed by atoms with Crippen LogP contribution in [-0.4, -0.2) is 17.8 Å². The normalized spacial score (nSPS) is 11.0. The lowest BCUT2D eigenvalue weighted by Crippen LogP contribution is -2.26. The van der Waals surface area contributed by atoms with E-state index in [0.29, 0.717) is 17.1 Å². The quantitative estimate of drug-likeness (QED) is 0.465. The van der Waals surface area contributed by atoms with Crippen LogP contribution in [-0.2, 0) is 4.79 Å². The molecule has 0 spiro atoms. The summed E-state index contributed by atoms with van der Waals surface area (Å²) in [5.74, 6) is 0.213. The van der Waals surface area contributed by atoms with Crippen LogP contribution in [0.25, 0.3) is 0 Å². The van der Waals surface area contributed by atoms with Crippen molar-refractivity contribution in [2.75, 3.05) is 5.32 Å². The van der Waals surface area contributed by atoms with Crippen LogP contribution >= 0.6 is 23.2 Å². The van der Waals surface area contributed by atoms with E-state index in [2.05, 4.69) is 15.3 Å². The molecule has 0 aliphatic carbocycles. The number of nitrogens with one attached hydrogen (secondary N) is 1. The summed E-state index contributed by atoms with van der Waals surface area (Å²) in [6.07, 6.45) is 0. The van der Waals surface area contributed by atoms with Gasteiger partial charge in [0, 0.05) is 12.6 Å². The number of carbonyl (C=O) groups excluding carboxylic acids is 1. The van der Waals surface area contributed by atoms with Gasteiger partial charge in [-0.05, 0) is 36.4 Å². The van der Waals surface area contributed by atoms with E-state index in [0.717, 1.165) is 0 Å².